The molecule has 35 heavy (non-hydrogen) atoms. The maximum absolute atomic E-state index is 13.6. The lowest BCUT2D eigenvalue weighted by Gasteiger charge is -2.29. The molecule has 1 fully saturated rings. The number of fused-ring (bicyclic) bond motifs is 1. The third kappa shape index (κ3) is 4.25. The molecular formula is C26H21F3N4O2. The van der Waals surface area contributed by atoms with Crippen LogP contribution in [0, 0.1) is 5.82 Å². The molecule has 1 aromatic heterocycles. The van der Waals surface area contributed by atoms with E-state index in [1.807, 2.05) is 6.07 Å². The first-order valence-electron chi connectivity index (χ1n) is 11.0. The number of carbonyl (C=O) groups excluding carboxylic acids is 2. The summed E-state index contributed by atoms with van der Waals surface area (Å²) >= 11 is 0. The fraction of sp³-hybridized carbons (Fsp3) is 0.192. The number of hydrogen-bond acceptors (Lipinski definition) is 3. The lowest BCUT2D eigenvalue weighted by Crippen LogP contribution is -2.46. The first-order chi connectivity index (χ1) is 16.7. The second-order valence-corrected chi connectivity index (χ2v) is 8.60. The highest BCUT2D eigenvalue weighted by Gasteiger charge is 2.45. The lowest BCUT2D eigenvalue weighted by atomic mass is 9.99. The second kappa shape index (κ2) is 8.57. The van der Waals surface area contributed by atoms with Crippen LogP contribution in [-0.4, -0.2) is 34.0 Å². The van der Waals surface area contributed by atoms with Crippen molar-refractivity contribution in [3.05, 3.63) is 84.2 Å². The highest BCUT2D eigenvalue weighted by atomic mass is 19.3. The summed E-state index contributed by atoms with van der Waals surface area (Å²) in [6.45, 7) is 0.527. The van der Waals surface area contributed by atoms with E-state index in [1.54, 1.807) is 54.6 Å². The number of anilines is 1. The second-order valence-electron chi connectivity index (χ2n) is 8.60. The predicted molar refractivity (Wildman–Crippen MR) is 125 cm³/mol. The van der Waals surface area contributed by atoms with Gasteiger partial charge in [-0.25, -0.2) is 4.39 Å². The van der Waals surface area contributed by atoms with Crippen molar-refractivity contribution < 1.29 is 22.8 Å². The molecule has 0 bridgehead atoms. The number of carbonyl (C=O) groups is 2. The van der Waals surface area contributed by atoms with Crippen LogP contribution in [0.5, 0.6) is 0 Å². The number of hydrogen-bond donors (Lipinski definition) is 2. The quantitative estimate of drug-likeness (QED) is 0.424. The van der Waals surface area contributed by atoms with E-state index in [9.17, 15) is 22.8 Å². The molecule has 1 aliphatic heterocycles. The van der Waals surface area contributed by atoms with Crippen molar-refractivity contribution in [2.75, 3.05) is 4.90 Å². The van der Waals surface area contributed by atoms with Crippen molar-refractivity contribution in [3.8, 4) is 11.3 Å². The van der Waals surface area contributed by atoms with Gasteiger partial charge in [0.25, 0.3) is 5.91 Å². The Morgan fingerprint density at radius 1 is 1.09 bits per heavy atom. The number of alkyl halides is 2. The number of nitrogens with one attached hydrogen (secondary N) is 2. The van der Waals surface area contributed by atoms with Gasteiger partial charge in [0.05, 0.1) is 23.3 Å². The van der Waals surface area contributed by atoms with Gasteiger partial charge in [-0.2, -0.15) is 13.9 Å². The Morgan fingerprint density at radius 3 is 2.49 bits per heavy atom. The highest BCUT2D eigenvalue weighted by molar-refractivity contribution is 6.01. The smallest absolute Gasteiger partial charge is 0.321 e. The van der Waals surface area contributed by atoms with Crippen molar-refractivity contribution in [3.63, 3.8) is 0 Å². The summed E-state index contributed by atoms with van der Waals surface area (Å²) in [6, 6.07) is 18.7. The van der Waals surface area contributed by atoms with Crippen molar-refractivity contribution in [1.29, 1.82) is 0 Å². The van der Waals surface area contributed by atoms with Gasteiger partial charge in [0, 0.05) is 30.0 Å². The van der Waals surface area contributed by atoms with Gasteiger partial charge < -0.3 is 10.2 Å². The van der Waals surface area contributed by atoms with E-state index in [1.165, 1.54) is 17.0 Å². The Balaban J connectivity index is 1.53. The number of halogens is 3. The minimum atomic E-state index is -3.57. The summed E-state index contributed by atoms with van der Waals surface area (Å²) in [4.78, 5) is 26.7. The van der Waals surface area contributed by atoms with Gasteiger partial charge in [-0.05, 0) is 48.0 Å². The molecule has 178 valence electrons. The van der Waals surface area contributed by atoms with Gasteiger partial charge in [-0.1, -0.05) is 30.3 Å². The number of benzene rings is 3. The predicted octanol–water partition coefficient (Wildman–Crippen LogP) is 4.99. The maximum Gasteiger partial charge on any atom is 0.321 e. The van der Waals surface area contributed by atoms with Gasteiger partial charge in [-0.15, -0.1) is 0 Å². The molecule has 1 saturated heterocycles. The molecule has 0 saturated carbocycles. The van der Waals surface area contributed by atoms with Crippen LogP contribution in [0.1, 0.15) is 24.9 Å². The van der Waals surface area contributed by atoms with Crippen LogP contribution < -0.4 is 10.2 Å². The van der Waals surface area contributed by atoms with Crippen LogP contribution >= 0.6 is 0 Å². The number of aromatic nitrogens is 2. The van der Waals surface area contributed by atoms with Crippen molar-refractivity contribution in [2.24, 2.45) is 0 Å². The Hall–Kier alpha value is -4.14. The summed E-state index contributed by atoms with van der Waals surface area (Å²) in [6.07, 6.45) is -0.122. The average molecular weight is 478 g/mol. The first kappa shape index (κ1) is 22.6. The van der Waals surface area contributed by atoms with Gasteiger partial charge in [0.1, 0.15) is 5.82 Å². The fourth-order valence-corrected chi connectivity index (χ4v) is 4.48. The highest BCUT2D eigenvalue weighted by Crippen LogP contribution is 2.39. The Bertz CT molecular complexity index is 1400. The standard InChI is InChI=1S/C26H21F3N4O2/c1-26(28,29)25(35)30-21-14-22(34)33(24(21)16-5-3-2-4-6-16)18-11-12-19-20(13-18)31-32-23(19)15-7-9-17(27)10-8-15/h2-13,21,24H,14H2,1H3,(H,30,35)(H,31,32). The third-order valence-corrected chi connectivity index (χ3v) is 6.12. The molecule has 1 aliphatic rings. The minimum Gasteiger partial charge on any atom is -0.345 e. The maximum atomic E-state index is 13.6. The number of H-pyrrole nitrogens is 1. The van der Waals surface area contributed by atoms with E-state index < -0.39 is 23.9 Å². The number of aromatic amines is 1. The summed E-state index contributed by atoms with van der Waals surface area (Å²) in [7, 11) is 0. The molecule has 2 atom stereocenters. The van der Waals surface area contributed by atoms with Crippen molar-refractivity contribution in [1.82, 2.24) is 15.5 Å². The van der Waals surface area contributed by atoms with Crippen LogP contribution in [0.25, 0.3) is 22.2 Å². The van der Waals surface area contributed by atoms with Gasteiger partial charge in [0.15, 0.2) is 0 Å². The van der Waals surface area contributed by atoms with Crippen LogP contribution in [-0.2, 0) is 9.59 Å². The monoisotopic (exact) mass is 478 g/mol. The summed E-state index contributed by atoms with van der Waals surface area (Å²) in [5.74, 6) is -5.64. The third-order valence-electron chi connectivity index (χ3n) is 6.12. The average Bonchev–Trinajstić information content (AvgIpc) is 3.39. The Kier molecular flexibility index (Phi) is 5.55. The Morgan fingerprint density at radius 2 is 1.80 bits per heavy atom. The normalized spacial score (nSPS) is 18.3. The molecule has 0 aliphatic carbocycles. The van der Waals surface area contributed by atoms with Crippen LogP contribution in [0.3, 0.4) is 0 Å². The van der Waals surface area contributed by atoms with E-state index in [0.29, 0.717) is 29.4 Å². The number of rotatable bonds is 5. The topological polar surface area (TPSA) is 78.1 Å². The molecule has 9 heteroatoms. The minimum absolute atomic E-state index is 0.122. The summed E-state index contributed by atoms with van der Waals surface area (Å²) in [5, 5.41) is 10.4. The molecule has 3 aromatic carbocycles. The molecule has 0 radical (unpaired) electrons. The molecular weight excluding hydrogens is 457 g/mol. The van der Waals surface area contributed by atoms with E-state index in [2.05, 4.69) is 15.5 Å². The van der Waals surface area contributed by atoms with Crippen molar-refractivity contribution in [2.45, 2.75) is 31.4 Å². The summed E-state index contributed by atoms with van der Waals surface area (Å²) < 4.78 is 40.5. The zero-order valence-corrected chi connectivity index (χ0v) is 18.6. The molecule has 0 spiro atoms. The first-order valence-corrected chi connectivity index (χ1v) is 11.0. The largest absolute Gasteiger partial charge is 0.345 e. The lowest BCUT2D eigenvalue weighted by molar-refractivity contribution is -0.143. The van der Waals surface area contributed by atoms with Crippen LogP contribution in [0.4, 0.5) is 18.9 Å². The number of nitrogens with zero attached hydrogens (tertiary/aromatic N) is 2. The number of amides is 2. The molecule has 2 amide bonds. The SMILES string of the molecule is CC(F)(F)C(=O)NC1CC(=O)N(c2ccc3c(-c4ccc(F)cc4)n[nH]c3c2)C1c1ccccc1. The zero-order valence-electron chi connectivity index (χ0n) is 18.6. The molecule has 6 nitrogen and oxygen atoms in total. The van der Waals surface area contributed by atoms with Crippen molar-refractivity contribution >= 4 is 28.4 Å². The van der Waals surface area contributed by atoms with E-state index in [0.717, 1.165) is 10.9 Å². The van der Waals surface area contributed by atoms with Gasteiger partial charge in [0.2, 0.25) is 5.91 Å². The van der Waals surface area contributed by atoms with E-state index >= 15 is 0 Å². The van der Waals surface area contributed by atoms with E-state index in [4.69, 9.17) is 0 Å². The van der Waals surface area contributed by atoms with Gasteiger partial charge >= 0.3 is 5.92 Å². The molecule has 2 heterocycles. The Labute approximate surface area is 198 Å². The van der Waals surface area contributed by atoms with E-state index in [-0.39, 0.29) is 18.1 Å². The molecule has 5 rings (SSSR count). The summed E-state index contributed by atoms with van der Waals surface area (Å²) in [5.41, 5.74) is 3.25. The molecule has 2 unspecified atom stereocenters. The van der Waals surface area contributed by atoms with Crippen LogP contribution in [0.2, 0.25) is 0 Å². The van der Waals surface area contributed by atoms with Gasteiger partial charge in [-0.3, -0.25) is 14.7 Å². The zero-order chi connectivity index (χ0) is 24.7. The van der Waals surface area contributed by atoms with Crippen LogP contribution in [0.15, 0.2) is 72.8 Å². The molecule has 4 aromatic rings. The molecule has 2 N–H and O–H groups in total. The fourth-order valence-electron chi connectivity index (χ4n) is 4.48.